The van der Waals surface area contributed by atoms with E-state index in [9.17, 15) is 9.59 Å². The molecule has 0 aromatic heterocycles. The van der Waals surface area contributed by atoms with Gasteiger partial charge in [0.2, 0.25) is 11.8 Å². The second-order valence-electron chi connectivity index (χ2n) is 7.22. The number of hydrogen-bond acceptors (Lipinski definition) is 2. The molecule has 1 rings (SSSR count). The lowest BCUT2D eigenvalue weighted by atomic mass is 10.2. The Morgan fingerprint density at radius 2 is 1.44 bits per heavy atom. The van der Waals surface area contributed by atoms with Crippen LogP contribution in [0.2, 0.25) is 0 Å². The van der Waals surface area contributed by atoms with E-state index >= 15 is 0 Å². The van der Waals surface area contributed by atoms with Gasteiger partial charge in [0.05, 0.1) is 0 Å². The number of allylic oxidation sites excluding steroid dienone is 5. The molecule has 0 bridgehead atoms. The van der Waals surface area contributed by atoms with Crippen LogP contribution in [0.5, 0.6) is 0 Å². The monoisotopic (exact) mass is 374 g/mol. The summed E-state index contributed by atoms with van der Waals surface area (Å²) in [6.07, 6.45) is 24.4. The molecule has 27 heavy (non-hydrogen) atoms. The molecule has 4 nitrogen and oxygen atoms in total. The molecule has 0 aromatic rings. The zero-order chi connectivity index (χ0) is 19.6. The van der Waals surface area contributed by atoms with Crippen molar-refractivity contribution in [3.8, 4) is 0 Å². The fraction of sp³-hybridized carbons (Fsp3) is 0.652. The molecule has 0 heterocycles. The zero-order valence-corrected chi connectivity index (χ0v) is 17.1. The normalized spacial score (nSPS) is 14.4. The number of unbranched alkanes of at least 4 members (excludes halogenated alkanes) is 3. The van der Waals surface area contributed by atoms with Crippen molar-refractivity contribution in [3.63, 3.8) is 0 Å². The number of carbonyl (C=O) groups is 2. The Labute approximate surface area is 165 Å². The molecule has 1 aliphatic rings. The standard InChI is InChI=1S/C23H38N2O2/c1-2-3-13-16-22(26)24-20-15-12-10-8-6-4-5-7-9-11-14-17-23(27)25-21-18-19-21/h4,6-7,9-10,12,21H,2-3,5,8,11,13-20H2,1H3,(H,24,26)(H,25,27). The minimum absolute atomic E-state index is 0.173. The molecule has 1 saturated carbocycles. The molecule has 2 amide bonds. The molecular formula is C23H38N2O2. The predicted octanol–water partition coefficient (Wildman–Crippen LogP) is 4.97. The van der Waals surface area contributed by atoms with Gasteiger partial charge in [-0.05, 0) is 51.4 Å². The highest BCUT2D eigenvalue weighted by Gasteiger charge is 2.22. The van der Waals surface area contributed by atoms with Crippen LogP contribution in [0.3, 0.4) is 0 Å². The molecule has 1 aliphatic carbocycles. The van der Waals surface area contributed by atoms with Crippen LogP contribution in [0, 0.1) is 0 Å². The third-order valence-corrected chi connectivity index (χ3v) is 4.40. The van der Waals surface area contributed by atoms with Crippen molar-refractivity contribution in [2.24, 2.45) is 0 Å². The van der Waals surface area contributed by atoms with Gasteiger partial charge in [0.25, 0.3) is 0 Å². The van der Waals surface area contributed by atoms with E-state index in [2.05, 4.69) is 54.0 Å². The van der Waals surface area contributed by atoms with Crippen LogP contribution < -0.4 is 10.6 Å². The molecule has 1 fully saturated rings. The van der Waals surface area contributed by atoms with E-state index in [-0.39, 0.29) is 11.8 Å². The van der Waals surface area contributed by atoms with Crippen LogP contribution in [0.25, 0.3) is 0 Å². The summed E-state index contributed by atoms with van der Waals surface area (Å²) in [7, 11) is 0. The van der Waals surface area contributed by atoms with E-state index in [4.69, 9.17) is 0 Å². The van der Waals surface area contributed by atoms with E-state index in [1.54, 1.807) is 0 Å². The molecule has 152 valence electrons. The van der Waals surface area contributed by atoms with Crippen LogP contribution in [0.1, 0.15) is 84.0 Å². The molecule has 0 radical (unpaired) electrons. The molecule has 0 saturated heterocycles. The summed E-state index contributed by atoms with van der Waals surface area (Å²) in [5.41, 5.74) is 0. The van der Waals surface area contributed by atoms with Gasteiger partial charge in [0.1, 0.15) is 0 Å². The van der Waals surface area contributed by atoms with E-state index < -0.39 is 0 Å². The highest BCUT2D eigenvalue weighted by atomic mass is 16.2. The average molecular weight is 375 g/mol. The van der Waals surface area contributed by atoms with Crippen LogP contribution in [0.15, 0.2) is 36.5 Å². The van der Waals surface area contributed by atoms with Crippen molar-refractivity contribution in [2.75, 3.05) is 6.54 Å². The summed E-state index contributed by atoms with van der Waals surface area (Å²) in [5, 5.41) is 5.97. The van der Waals surface area contributed by atoms with Crippen LogP contribution >= 0.6 is 0 Å². The topological polar surface area (TPSA) is 58.2 Å². The maximum Gasteiger partial charge on any atom is 0.220 e. The van der Waals surface area contributed by atoms with Crippen molar-refractivity contribution in [3.05, 3.63) is 36.5 Å². The lowest BCUT2D eigenvalue weighted by Gasteiger charge is -2.02. The quantitative estimate of drug-likeness (QED) is 0.296. The summed E-state index contributed by atoms with van der Waals surface area (Å²) in [4.78, 5) is 23.0. The Balaban J connectivity index is 1.86. The molecular weight excluding hydrogens is 336 g/mol. The van der Waals surface area contributed by atoms with E-state index in [1.807, 2.05) is 0 Å². The molecule has 0 aliphatic heterocycles. The fourth-order valence-corrected chi connectivity index (χ4v) is 2.60. The summed E-state index contributed by atoms with van der Waals surface area (Å²) in [6.45, 7) is 2.87. The first-order chi connectivity index (χ1) is 13.2. The van der Waals surface area contributed by atoms with Crippen molar-refractivity contribution in [1.82, 2.24) is 10.6 Å². The van der Waals surface area contributed by atoms with Gasteiger partial charge in [-0.25, -0.2) is 0 Å². The second kappa shape index (κ2) is 16.3. The van der Waals surface area contributed by atoms with Gasteiger partial charge in [-0.1, -0.05) is 56.2 Å². The zero-order valence-electron chi connectivity index (χ0n) is 17.1. The Kier molecular flexibility index (Phi) is 14.0. The first kappa shape index (κ1) is 23.2. The molecule has 0 aromatic carbocycles. The highest BCUT2D eigenvalue weighted by molar-refractivity contribution is 5.76. The molecule has 0 unspecified atom stereocenters. The third-order valence-electron chi connectivity index (χ3n) is 4.40. The van der Waals surface area contributed by atoms with Crippen LogP contribution in [-0.4, -0.2) is 24.4 Å². The minimum atomic E-state index is 0.173. The van der Waals surface area contributed by atoms with E-state index in [1.165, 1.54) is 0 Å². The Morgan fingerprint density at radius 1 is 0.815 bits per heavy atom. The lowest BCUT2D eigenvalue weighted by Crippen LogP contribution is -2.24. The van der Waals surface area contributed by atoms with Crippen LogP contribution in [-0.2, 0) is 9.59 Å². The number of nitrogens with one attached hydrogen (secondary N) is 2. The third kappa shape index (κ3) is 16.1. The van der Waals surface area contributed by atoms with Gasteiger partial charge < -0.3 is 10.6 Å². The first-order valence-corrected chi connectivity index (χ1v) is 10.7. The molecule has 2 N–H and O–H groups in total. The van der Waals surface area contributed by atoms with Crippen molar-refractivity contribution >= 4 is 11.8 Å². The predicted molar refractivity (Wildman–Crippen MR) is 113 cm³/mol. The minimum Gasteiger partial charge on any atom is -0.356 e. The largest absolute Gasteiger partial charge is 0.356 e. The Bertz CT molecular complexity index is 491. The van der Waals surface area contributed by atoms with Gasteiger partial charge in [-0.2, -0.15) is 0 Å². The summed E-state index contributed by atoms with van der Waals surface area (Å²) < 4.78 is 0. The van der Waals surface area contributed by atoms with Gasteiger partial charge in [-0.3, -0.25) is 9.59 Å². The van der Waals surface area contributed by atoms with Crippen molar-refractivity contribution in [1.29, 1.82) is 0 Å². The molecule has 0 spiro atoms. The number of carbonyl (C=O) groups excluding carboxylic acids is 2. The van der Waals surface area contributed by atoms with E-state index in [0.29, 0.717) is 18.9 Å². The van der Waals surface area contributed by atoms with Gasteiger partial charge in [0, 0.05) is 25.4 Å². The van der Waals surface area contributed by atoms with Crippen molar-refractivity contribution < 1.29 is 9.59 Å². The first-order valence-electron chi connectivity index (χ1n) is 10.7. The summed E-state index contributed by atoms with van der Waals surface area (Å²) in [5.74, 6) is 0.376. The van der Waals surface area contributed by atoms with Gasteiger partial charge in [0.15, 0.2) is 0 Å². The second-order valence-corrected chi connectivity index (χ2v) is 7.22. The van der Waals surface area contributed by atoms with Gasteiger partial charge in [-0.15, -0.1) is 0 Å². The maximum atomic E-state index is 11.5. The maximum absolute atomic E-state index is 11.5. The summed E-state index contributed by atoms with van der Waals surface area (Å²) >= 11 is 0. The lowest BCUT2D eigenvalue weighted by molar-refractivity contribution is -0.122. The molecule has 0 atom stereocenters. The fourth-order valence-electron chi connectivity index (χ4n) is 2.60. The smallest absolute Gasteiger partial charge is 0.220 e. The number of amides is 2. The Hall–Kier alpha value is -1.84. The van der Waals surface area contributed by atoms with E-state index in [0.717, 1.165) is 70.8 Å². The number of hydrogen-bond donors (Lipinski definition) is 2. The highest BCUT2D eigenvalue weighted by Crippen LogP contribution is 2.18. The van der Waals surface area contributed by atoms with Gasteiger partial charge >= 0.3 is 0 Å². The summed E-state index contributed by atoms with van der Waals surface area (Å²) in [6, 6.07) is 0.474. The Morgan fingerprint density at radius 3 is 2.11 bits per heavy atom. The van der Waals surface area contributed by atoms with Crippen molar-refractivity contribution in [2.45, 2.75) is 90.0 Å². The number of rotatable bonds is 16. The molecule has 4 heteroatoms. The average Bonchev–Trinajstić information content (AvgIpc) is 3.46. The van der Waals surface area contributed by atoms with Crippen LogP contribution in [0.4, 0.5) is 0 Å². The SMILES string of the molecule is CCCCCC(=O)NCCC=CCC=CCC=CCCCC(=O)NC1CC1.